The number of piperidine rings is 1. The summed E-state index contributed by atoms with van der Waals surface area (Å²) in [7, 11) is 0. The minimum Gasteiger partial charge on any atom is -0.372 e. The minimum atomic E-state index is -4.30. The Labute approximate surface area is 124 Å². The summed E-state index contributed by atoms with van der Waals surface area (Å²) in [6.07, 6.45) is -2.22. The first-order valence-electron chi connectivity index (χ1n) is 7.57. The average molecular weight is 300 g/mol. The fourth-order valence-corrected chi connectivity index (χ4v) is 2.71. The van der Waals surface area contributed by atoms with Crippen molar-refractivity contribution in [2.45, 2.75) is 39.4 Å². The Balaban J connectivity index is 2.24. The molecule has 2 nitrogen and oxygen atoms in total. The largest absolute Gasteiger partial charge is 0.416 e. The van der Waals surface area contributed by atoms with Gasteiger partial charge in [0.05, 0.1) is 5.56 Å². The van der Waals surface area contributed by atoms with Crippen molar-refractivity contribution in [1.29, 1.82) is 0 Å². The van der Waals surface area contributed by atoms with Crippen molar-refractivity contribution in [1.82, 2.24) is 5.32 Å². The summed E-state index contributed by atoms with van der Waals surface area (Å²) in [6.45, 7) is 6.66. The van der Waals surface area contributed by atoms with Gasteiger partial charge in [-0.3, -0.25) is 0 Å². The predicted molar refractivity (Wildman–Crippen MR) is 79.4 cm³/mol. The molecule has 1 aromatic carbocycles. The Morgan fingerprint density at radius 1 is 1.24 bits per heavy atom. The zero-order valence-electron chi connectivity index (χ0n) is 12.6. The van der Waals surface area contributed by atoms with E-state index >= 15 is 0 Å². The number of benzene rings is 1. The molecule has 118 valence electrons. The van der Waals surface area contributed by atoms with Crippen LogP contribution < -0.4 is 10.2 Å². The lowest BCUT2D eigenvalue weighted by atomic mass is 9.98. The van der Waals surface area contributed by atoms with E-state index in [4.69, 9.17) is 0 Å². The molecule has 2 rings (SSSR count). The SMILES string of the molecule is CCNCc1ccc(N2CCC(C)CC2)cc1C(F)(F)F. The first kappa shape index (κ1) is 16.1. The van der Waals surface area contributed by atoms with Gasteiger partial charge in [0.1, 0.15) is 0 Å². The number of alkyl halides is 3. The third-order valence-electron chi connectivity index (χ3n) is 4.11. The number of rotatable bonds is 4. The molecule has 1 aliphatic heterocycles. The van der Waals surface area contributed by atoms with Gasteiger partial charge in [-0.1, -0.05) is 19.9 Å². The van der Waals surface area contributed by atoms with Crippen LogP contribution in [0.3, 0.4) is 0 Å². The van der Waals surface area contributed by atoms with Crippen molar-refractivity contribution in [3.05, 3.63) is 29.3 Å². The summed E-state index contributed by atoms with van der Waals surface area (Å²) in [5, 5.41) is 2.97. The topological polar surface area (TPSA) is 15.3 Å². The number of anilines is 1. The molecule has 0 unspecified atom stereocenters. The smallest absolute Gasteiger partial charge is 0.372 e. The van der Waals surface area contributed by atoms with Crippen LogP contribution in [0.15, 0.2) is 18.2 Å². The van der Waals surface area contributed by atoms with E-state index in [2.05, 4.69) is 17.1 Å². The van der Waals surface area contributed by atoms with E-state index in [9.17, 15) is 13.2 Å². The molecule has 1 saturated heterocycles. The molecule has 0 amide bonds. The van der Waals surface area contributed by atoms with Gasteiger partial charge in [-0.15, -0.1) is 0 Å². The molecule has 1 heterocycles. The maximum atomic E-state index is 13.2. The maximum absolute atomic E-state index is 13.2. The standard InChI is InChI=1S/C16H23F3N2/c1-3-20-11-13-4-5-14(10-15(13)16(17,18)19)21-8-6-12(2)7-9-21/h4-5,10,12,20H,3,6-9,11H2,1-2H3. The minimum absolute atomic E-state index is 0.253. The van der Waals surface area contributed by atoms with E-state index < -0.39 is 11.7 Å². The Kier molecular flexibility index (Phi) is 5.14. The second kappa shape index (κ2) is 6.69. The normalized spacial score (nSPS) is 17.3. The van der Waals surface area contributed by atoms with Crippen LogP contribution in [-0.2, 0) is 12.7 Å². The molecule has 1 aliphatic rings. The molecule has 0 saturated carbocycles. The van der Waals surface area contributed by atoms with Gasteiger partial charge in [-0.2, -0.15) is 13.2 Å². The van der Waals surface area contributed by atoms with Gasteiger partial charge in [-0.05, 0) is 43.0 Å². The highest BCUT2D eigenvalue weighted by molar-refractivity contribution is 5.52. The molecule has 5 heteroatoms. The van der Waals surface area contributed by atoms with Crippen LogP contribution in [0.4, 0.5) is 18.9 Å². The van der Waals surface area contributed by atoms with E-state index in [0.717, 1.165) is 25.9 Å². The molecule has 1 N–H and O–H groups in total. The zero-order valence-corrected chi connectivity index (χ0v) is 12.6. The molecule has 1 fully saturated rings. The second-order valence-corrected chi connectivity index (χ2v) is 5.79. The summed E-state index contributed by atoms with van der Waals surface area (Å²) in [6, 6.07) is 4.74. The highest BCUT2D eigenvalue weighted by Crippen LogP contribution is 2.35. The van der Waals surface area contributed by atoms with Crippen LogP contribution in [-0.4, -0.2) is 19.6 Å². The fourth-order valence-electron chi connectivity index (χ4n) is 2.71. The number of halogens is 3. The summed E-state index contributed by atoms with van der Waals surface area (Å²) < 4.78 is 39.7. The molecule has 0 atom stereocenters. The Morgan fingerprint density at radius 3 is 2.48 bits per heavy atom. The fraction of sp³-hybridized carbons (Fsp3) is 0.625. The lowest BCUT2D eigenvalue weighted by Gasteiger charge is -2.32. The Morgan fingerprint density at radius 2 is 1.90 bits per heavy atom. The van der Waals surface area contributed by atoms with Crippen molar-refractivity contribution in [3.63, 3.8) is 0 Å². The van der Waals surface area contributed by atoms with Gasteiger partial charge >= 0.3 is 6.18 Å². The first-order valence-corrected chi connectivity index (χ1v) is 7.57. The number of nitrogens with zero attached hydrogens (tertiary/aromatic N) is 1. The van der Waals surface area contributed by atoms with Crippen molar-refractivity contribution in [2.75, 3.05) is 24.5 Å². The quantitative estimate of drug-likeness (QED) is 0.902. The summed E-state index contributed by atoms with van der Waals surface area (Å²) in [4.78, 5) is 2.06. The van der Waals surface area contributed by atoms with Crippen LogP contribution in [0.1, 0.15) is 37.8 Å². The lowest BCUT2D eigenvalue weighted by molar-refractivity contribution is -0.138. The number of hydrogen-bond donors (Lipinski definition) is 1. The summed E-state index contributed by atoms with van der Waals surface area (Å²) >= 11 is 0. The second-order valence-electron chi connectivity index (χ2n) is 5.79. The number of nitrogens with one attached hydrogen (secondary N) is 1. The molecule has 21 heavy (non-hydrogen) atoms. The maximum Gasteiger partial charge on any atom is 0.416 e. The van der Waals surface area contributed by atoms with Gasteiger partial charge in [0.25, 0.3) is 0 Å². The van der Waals surface area contributed by atoms with E-state index in [1.165, 1.54) is 6.07 Å². The van der Waals surface area contributed by atoms with E-state index in [-0.39, 0.29) is 6.54 Å². The van der Waals surface area contributed by atoms with Crippen molar-refractivity contribution >= 4 is 5.69 Å². The van der Waals surface area contributed by atoms with Crippen molar-refractivity contribution in [3.8, 4) is 0 Å². The van der Waals surface area contributed by atoms with Crippen LogP contribution in [0.2, 0.25) is 0 Å². The molecule has 0 radical (unpaired) electrons. The molecular formula is C16H23F3N2. The highest BCUT2D eigenvalue weighted by Gasteiger charge is 2.34. The molecule has 0 bridgehead atoms. The lowest BCUT2D eigenvalue weighted by Crippen LogP contribution is -2.33. The molecular weight excluding hydrogens is 277 g/mol. The highest BCUT2D eigenvalue weighted by atomic mass is 19.4. The Bertz CT molecular complexity index is 463. The van der Waals surface area contributed by atoms with Gasteiger partial charge in [0.15, 0.2) is 0 Å². The molecule has 1 aromatic rings. The zero-order chi connectivity index (χ0) is 15.5. The van der Waals surface area contributed by atoms with E-state index in [1.54, 1.807) is 6.07 Å². The third-order valence-corrected chi connectivity index (χ3v) is 4.11. The molecule has 0 aromatic heterocycles. The van der Waals surface area contributed by atoms with Gasteiger partial charge in [0, 0.05) is 25.3 Å². The molecule has 0 spiro atoms. The van der Waals surface area contributed by atoms with Crippen molar-refractivity contribution in [2.24, 2.45) is 5.92 Å². The van der Waals surface area contributed by atoms with Crippen LogP contribution in [0, 0.1) is 5.92 Å². The monoisotopic (exact) mass is 300 g/mol. The van der Waals surface area contributed by atoms with E-state index in [0.29, 0.717) is 23.7 Å². The van der Waals surface area contributed by atoms with Crippen LogP contribution in [0.5, 0.6) is 0 Å². The summed E-state index contributed by atoms with van der Waals surface area (Å²) in [5.41, 5.74) is 0.493. The molecule has 0 aliphatic carbocycles. The predicted octanol–water partition coefficient (Wildman–Crippen LogP) is 4.05. The van der Waals surface area contributed by atoms with Gasteiger partial charge < -0.3 is 10.2 Å². The van der Waals surface area contributed by atoms with E-state index in [1.807, 2.05) is 13.0 Å². The Hall–Kier alpha value is -1.23. The van der Waals surface area contributed by atoms with Gasteiger partial charge in [0.2, 0.25) is 0 Å². The van der Waals surface area contributed by atoms with Gasteiger partial charge in [-0.25, -0.2) is 0 Å². The third kappa shape index (κ3) is 4.13. The average Bonchev–Trinajstić information content (AvgIpc) is 2.45. The van der Waals surface area contributed by atoms with Crippen molar-refractivity contribution < 1.29 is 13.2 Å². The summed E-state index contributed by atoms with van der Waals surface area (Å²) in [5.74, 6) is 0.663. The first-order chi connectivity index (χ1) is 9.91. The van der Waals surface area contributed by atoms with Crippen LogP contribution in [0.25, 0.3) is 0 Å². The van der Waals surface area contributed by atoms with Crippen LogP contribution >= 0.6 is 0 Å². The number of hydrogen-bond acceptors (Lipinski definition) is 2.